The Balaban J connectivity index is 2.75. The van der Waals surface area contributed by atoms with Crippen molar-refractivity contribution in [3.05, 3.63) is 24.0 Å². The molecular formula is C10H14N4OS. The molecule has 0 aromatic carbocycles. The Labute approximate surface area is 99.4 Å². The van der Waals surface area contributed by atoms with Gasteiger partial charge in [-0.05, 0) is 12.1 Å². The van der Waals surface area contributed by atoms with Crippen LogP contribution in [-0.2, 0) is 0 Å². The van der Waals surface area contributed by atoms with Gasteiger partial charge in [0, 0.05) is 31.9 Å². The van der Waals surface area contributed by atoms with E-state index in [0.717, 1.165) is 5.69 Å². The zero-order valence-corrected chi connectivity index (χ0v) is 9.83. The molecule has 6 heteroatoms. The fourth-order valence-corrected chi connectivity index (χ4v) is 1.29. The molecule has 16 heavy (non-hydrogen) atoms. The number of anilines is 1. The molecule has 0 spiro atoms. The maximum Gasteiger partial charge on any atom is 0.267 e. The number of carbonyl (C=O) groups is 1. The topological polar surface area (TPSA) is 85.2 Å². The molecule has 0 radical (unpaired) electrons. The van der Waals surface area contributed by atoms with Gasteiger partial charge < -0.3 is 16.4 Å². The summed E-state index contributed by atoms with van der Waals surface area (Å²) >= 11 is 4.80. The molecule has 86 valence electrons. The largest absolute Gasteiger partial charge is 0.393 e. The van der Waals surface area contributed by atoms with E-state index >= 15 is 0 Å². The summed E-state index contributed by atoms with van der Waals surface area (Å²) < 4.78 is 0. The van der Waals surface area contributed by atoms with Crippen LogP contribution in [0.25, 0.3) is 0 Å². The number of thiocarbonyl (C=S) groups is 1. The summed E-state index contributed by atoms with van der Waals surface area (Å²) in [6.45, 7) is 0.692. The molecule has 0 aliphatic rings. The monoisotopic (exact) mass is 238 g/mol. The zero-order chi connectivity index (χ0) is 12.1. The smallest absolute Gasteiger partial charge is 0.267 e. The molecule has 1 rings (SSSR count). The van der Waals surface area contributed by atoms with Crippen molar-refractivity contribution < 1.29 is 4.79 Å². The average molecular weight is 238 g/mol. The van der Waals surface area contributed by atoms with Gasteiger partial charge >= 0.3 is 0 Å². The van der Waals surface area contributed by atoms with E-state index in [1.54, 1.807) is 18.3 Å². The van der Waals surface area contributed by atoms with E-state index in [1.807, 2.05) is 11.9 Å². The summed E-state index contributed by atoms with van der Waals surface area (Å²) in [5.41, 5.74) is 11.7. The van der Waals surface area contributed by atoms with Gasteiger partial charge in [0.05, 0.1) is 4.99 Å². The van der Waals surface area contributed by atoms with E-state index in [-0.39, 0.29) is 5.69 Å². The van der Waals surface area contributed by atoms with Crippen molar-refractivity contribution in [3.8, 4) is 0 Å². The molecule has 0 saturated heterocycles. The fraction of sp³-hybridized carbons (Fsp3) is 0.300. The van der Waals surface area contributed by atoms with Crippen LogP contribution in [-0.4, -0.2) is 29.5 Å². The van der Waals surface area contributed by atoms with Crippen LogP contribution in [0, 0.1) is 0 Å². The van der Waals surface area contributed by atoms with Crippen molar-refractivity contribution in [2.75, 3.05) is 18.5 Å². The molecular weight excluding hydrogens is 224 g/mol. The highest BCUT2D eigenvalue weighted by Crippen LogP contribution is 2.12. The standard InChI is InChI=1S/C10H14N4OS/c1-14(5-3-9(11)16)7-2-4-13-8(6-7)10(12)15/h2,4,6H,3,5H2,1H3,(H2,11,16)(H2,12,15). The van der Waals surface area contributed by atoms with Crippen molar-refractivity contribution in [3.63, 3.8) is 0 Å². The normalized spacial score (nSPS) is 9.81. The quantitative estimate of drug-likeness (QED) is 0.720. The van der Waals surface area contributed by atoms with Gasteiger partial charge in [0.25, 0.3) is 5.91 Å². The number of primary amides is 1. The van der Waals surface area contributed by atoms with Gasteiger partial charge in [-0.1, -0.05) is 12.2 Å². The van der Waals surface area contributed by atoms with Gasteiger partial charge in [0.2, 0.25) is 0 Å². The molecule has 4 N–H and O–H groups in total. The highest BCUT2D eigenvalue weighted by molar-refractivity contribution is 7.80. The van der Waals surface area contributed by atoms with Crippen molar-refractivity contribution >= 4 is 28.8 Å². The summed E-state index contributed by atoms with van der Waals surface area (Å²) in [4.78, 5) is 17.2. The van der Waals surface area contributed by atoms with Crippen LogP contribution < -0.4 is 16.4 Å². The minimum Gasteiger partial charge on any atom is -0.393 e. The first-order chi connectivity index (χ1) is 7.50. The predicted molar refractivity (Wildman–Crippen MR) is 67.4 cm³/mol. The molecule has 0 saturated carbocycles. The molecule has 0 atom stereocenters. The molecule has 0 aliphatic carbocycles. The first-order valence-electron chi connectivity index (χ1n) is 4.76. The molecule has 0 unspecified atom stereocenters. The summed E-state index contributed by atoms with van der Waals surface area (Å²) in [6, 6.07) is 3.44. The van der Waals surface area contributed by atoms with Crippen LogP contribution in [0.4, 0.5) is 5.69 Å². The fourth-order valence-electron chi connectivity index (χ4n) is 1.20. The Kier molecular flexibility index (Phi) is 4.19. The SMILES string of the molecule is CN(CCC(N)=S)c1ccnc(C(N)=O)c1. The second-order valence-corrected chi connectivity index (χ2v) is 3.93. The number of nitrogens with zero attached hydrogens (tertiary/aromatic N) is 2. The lowest BCUT2D eigenvalue weighted by Gasteiger charge is -2.18. The molecule has 1 heterocycles. The molecule has 0 bridgehead atoms. The minimum atomic E-state index is -0.537. The van der Waals surface area contributed by atoms with E-state index in [9.17, 15) is 4.79 Å². The van der Waals surface area contributed by atoms with Crippen molar-refractivity contribution in [2.24, 2.45) is 11.5 Å². The number of nitrogens with two attached hydrogens (primary N) is 2. The van der Waals surface area contributed by atoms with Crippen molar-refractivity contribution in [1.29, 1.82) is 0 Å². The molecule has 0 fully saturated rings. The number of aromatic nitrogens is 1. The zero-order valence-electron chi connectivity index (χ0n) is 9.01. The number of hydrogen-bond donors (Lipinski definition) is 2. The molecule has 5 nitrogen and oxygen atoms in total. The van der Waals surface area contributed by atoms with Gasteiger partial charge in [-0.15, -0.1) is 0 Å². The first kappa shape index (κ1) is 12.4. The van der Waals surface area contributed by atoms with Crippen LogP contribution in [0.5, 0.6) is 0 Å². The van der Waals surface area contributed by atoms with Crippen LogP contribution in [0.2, 0.25) is 0 Å². The van der Waals surface area contributed by atoms with Crippen molar-refractivity contribution in [1.82, 2.24) is 4.98 Å². The third-order valence-corrected chi connectivity index (χ3v) is 2.33. The Hall–Kier alpha value is -1.69. The highest BCUT2D eigenvalue weighted by atomic mass is 32.1. The highest BCUT2D eigenvalue weighted by Gasteiger charge is 2.06. The van der Waals surface area contributed by atoms with E-state index < -0.39 is 5.91 Å². The van der Waals surface area contributed by atoms with Gasteiger partial charge in [0.1, 0.15) is 5.69 Å². The third-order valence-electron chi connectivity index (χ3n) is 2.13. The van der Waals surface area contributed by atoms with E-state index in [0.29, 0.717) is 18.0 Å². The summed E-state index contributed by atoms with van der Waals surface area (Å²) in [5.74, 6) is -0.537. The molecule has 1 amide bonds. The first-order valence-corrected chi connectivity index (χ1v) is 5.17. The lowest BCUT2D eigenvalue weighted by Crippen LogP contribution is -2.24. The van der Waals surface area contributed by atoms with Crippen LogP contribution >= 0.6 is 12.2 Å². The van der Waals surface area contributed by atoms with Gasteiger partial charge in [-0.25, -0.2) is 0 Å². The van der Waals surface area contributed by atoms with Gasteiger partial charge in [-0.2, -0.15) is 0 Å². The maximum atomic E-state index is 10.9. The van der Waals surface area contributed by atoms with Crippen LogP contribution in [0.1, 0.15) is 16.9 Å². The lowest BCUT2D eigenvalue weighted by molar-refractivity contribution is 0.0995. The molecule has 1 aromatic heterocycles. The lowest BCUT2D eigenvalue weighted by atomic mass is 10.2. The van der Waals surface area contributed by atoms with Crippen LogP contribution in [0.15, 0.2) is 18.3 Å². The average Bonchev–Trinajstić information content (AvgIpc) is 2.26. The molecule has 1 aromatic rings. The molecule has 0 aliphatic heterocycles. The van der Waals surface area contributed by atoms with E-state index in [2.05, 4.69) is 4.98 Å². The summed E-state index contributed by atoms with van der Waals surface area (Å²) in [5, 5.41) is 0. The van der Waals surface area contributed by atoms with E-state index in [4.69, 9.17) is 23.7 Å². The van der Waals surface area contributed by atoms with Gasteiger partial charge in [0.15, 0.2) is 0 Å². The second-order valence-electron chi connectivity index (χ2n) is 3.40. The van der Waals surface area contributed by atoms with Crippen molar-refractivity contribution in [2.45, 2.75) is 6.42 Å². The Morgan fingerprint density at radius 3 is 2.81 bits per heavy atom. The number of rotatable bonds is 5. The number of pyridine rings is 1. The Bertz CT molecular complexity index is 408. The van der Waals surface area contributed by atoms with E-state index in [1.165, 1.54) is 0 Å². The third kappa shape index (κ3) is 3.47. The van der Waals surface area contributed by atoms with Gasteiger partial charge in [-0.3, -0.25) is 9.78 Å². The number of amides is 1. The second kappa shape index (κ2) is 5.41. The number of carbonyl (C=O) groups excluding carboxylic acids is 1. The predicted octanol–water partition coefficient (Wildman–Crippen LogP) is 0.293. The Morgan fingerprint density at radius 1 is 1.56 bits per heavy atom. The minimum absolute atomic E-state index is 0.250. The Morgan fingerprint density at radius 2 is 2.25 bits per heavy atom. The number of hydrogen-bond acceptors (Lipinski definition) is 4. The maximum absolute atomic E-state index is 10.9. The summed E-state index contributed by atoms with van der Waals surface area (Å²) in [7, 11) is 1.89. The summed E-state index contributed by atoms with van der Waals surface area (Å²) in [6.07, 6.45) is 2.17. The van der Waals surface area contributed by atoms with Crippen LogP contribution in [0.3, 0.4) is 0 Å².